The molecule has 0 saturated heterocycles. The fourth-order valence-corrected chi connectivity index (χ4v) is 2.28. The maximum absolute atomic E-state index is 14.1. The average Bonchev–Trinajstić information content (AvgIpc) is 2.82. The highest BCUT2D eigenvalue weighted by Gasteiger charge is 2.10. The van der Waals surface area contributed by atoms with E-state index in [9.17, 15) is 4.39 Å². The van der Waals surface area contributed by atoms with Gasteiger partial charge in [0.05, 0.1) is 9.77 Å². The second kappa shape index (κ2) is 6.47. The van der Waals surface area contributed by atoms with Gasteiger partial charge in [-0.1, -0.05) is 13.0 Å². The van der Waals surface area contributed by atoms with E-state index < -0.39 is 0 Å². The van der Waals surface area contributed by atoms with Crippen LogP contribution in [0.25, 0.3) is 5.69 Å². The summed E-state index contributed by atoms with van der Waals surface area (Å²) >= 11 is 2.16. The summed E-state index contributed by atoms with van der Waals surface area (Å²) in [6, 6.07) is 5.45. The molecule has 1 heterocycles. The van der Waals surface area contributed by atoms with Crippen LogP contribution in [0, 0.1) is 9.39 Å². The molecule has 0 fully saturated rings. The van der Waals surface area contributed by atoms with Crippen molar-refractivity contribution in [3.8, 4) is 5.69 Å². The van der Waals surface area contributed by atoms with Crippen LogP contribution in [0.15, 0.2) is 30.6 Å². The van der Waals surface area contributed by atoms with Crippen molar-refractivity contribution in [2.45, 2.75) is 26.3 Å². The van der Waals surface area contributed by atoms with Gasteiger partial charge < -0.3 is 5.32 Å². The molecule has 19 heavy (non-hydrogen) atoms. The maximum atomic E-state index is 14.1. The summed E-state index contributed by atoms with van der Waals surface area (Å²) in [7, 11) is 0. The van der Waals surface area contributed by atoms with E-state index in [2.05, 4.69) is 39.9 Å². The molecule has 0 aliphatic rings. The lowest BCUT2D eigenvalue weighted by Crippen LogP contribution is -2.19. The van der Waals surface area contributed by atoms with Crippen molar-refractivity contribution >= 4 is 22.6 Å². The zero-order chi connectivity index (χ0) is 13.8. The van der Waals surface area contributed by atoms with Gasteiger partial charge in [-0.25, -0.2) is 9.07 Å². The molecule has 102 valence electrons. The molecule has 0 saturated carbocycles. The Hall–Kier alpha value is -0.950. The van der Waals surface area contributed by atoms with Crippen LogP contribution in [0.3, 0.4) is 0 Å². The Kier molecular flexibility index (Phi) is 4.93. The predicted octanol–water partition coefficient (Wildman–Crippen LogP) is 3.68. The van der Waals surface area contributed by atoms with Crippen molar-refractivity contribution in [2.24, 2.45) is 0 Å². The van der Waals surface area contributed by atoms with Crippen LogP contribution in [-0.4, -0.2) is 16.3 Å². The van der Waals surface area contributed by atoms with E-state index in [1.54, 1.807) is 29.2 Å². The van der Waals surface area contributed by atoms with Gasteiger partial charge in [-0.2, -0.15) is 5.10 Å². The average molecular weight is 373 g/mol. The van der Waals surface area contributed by atoms with Crippen molar-refractivity contribution < 1.29 is 4.39 Å². The van der Waals surface area contributed by atoms with E-state index in [1.165, 1.54) is 0 Å². The summed E-state index contributed by atoms with van der Waals surface area (Å²) in [6.07, 6.45) is 4.58. The fourth-order valence-electron chi connectivity index (χ4n) is 1.89. The van der Waals surface area contributed by atoms with Crippen molar-refractivity contribution in [1.82, 2.24) is 15.1 Å². The van der Waals surface area contributed by atoms with Crippen LogP contribution in [0.1, 0.15) is 31.9 Å². The molecule has 5 heteroatoms. The van der Waals surface area contributed by atoms with Crippen LogP contribution in [0.2, 0.25) is 0 Å². The highest BCUT2D eigenvalue weighted by molar-refractivity contribution is 14.1. The fraction of sp³-hybridized carbons (Fsp3) is 0.357. The molecule has 1 N–H and O–H groups in total. The maximum Gasteiger partial charge on any atom is 0.149 e. The third-order valence-electron chi connectivity index (χ3n) is 2.97. The van der Waals surface area contributed by atoms with Crippen LogP contribution in [0.4, 0.5) is 4.39 Å². The highest BCUT2D eigenvalue weighted by atomic mass is 127. The first kappa shape index (κ1) is 14.5. The van der Waals surface area contributed by atoms with Crippen molar-refractivity contribution in [2.75, 3.05) is 6.54 Å². The lowest BCUT2D eigenvalue weighted by Gasteiger charge is -2.14. The minimum atomic E-state index is -0.248. The van der Waals surface area contributed by atoms with Crippen molar-refractivity contribution in [3.05, 3.63) is 45.5 Å². The summed E-state index contributed by atoms with van der Waals surface area (Å²) < 4.78 is 16.7. The van der Waals surface area contributed by atoms with Gasteiger partial charge in [-0.15, -0.1) is 0 Å². The Morgan fingerprint density at radius 3 is 2.84 bits per heavy atom. The molecular weight excluding hydrogens is 356 g/mol. The number of rotatable bonds is 5. The number of hydrogen-bond donors (Lipinski definition) is 1. The molecule has 1 unspecified atom stereocenters. The van der Waals surface area contributed by atoms with Gasteiger partial charge in [0.15, 0.2) is 0 Å². The molecule has 0 aliphatic carbocycles. The zero-order valence-electron chi connectivity index (χ0n) is 11.0. The van der Waals surface area contributed by atoms with E-state index in [0.29, 0.717) is 5.69 Å². The van der Waals surface area contributed by atoms with Gasteiger partial charge in [-0.05, 0) is 60.2 Å². The Morgan fingerprint density at radius 2 is 2.26 bits per heavy atom. The highest BCUT2D eigenvalue weighted by Crippen LogP contribution is 2.19. The Balaban J connectivity index is 2.22. The third kappa shape index (κ3) is 3.54. The Bertz CT molecular complexity index is 553. The molecule has 0 radical (unpaired) electrons. The molecule has 1 aromatic carbocycles. The quantitative estimate of drug-likeness (QED) is 0.811. The van der Waals surface area contributed by atoms with E-state index in [1.807, 2.05) is 13.0 Å². The molecule has 2 aromatic rings. The van der Waals surface area contributed by atoms with Gasteiger partial charge in [-0.3, -0.25) is 0 Å². The molecule has 3 nitrogen and oxygen atoms in total. The smallest absolute Gasteiger partial charge is 0.149 e. The molecule has 0 aliphatic heterocycles. The van der Waals surface area contributed by atoms with E-state index in [-0.39, 0.29) is 11.9 Å². The number of nitrogens with zero attached hydrogens (tertiary/aromatic N) is 2. The predicted molar refractivity (Wildman–Crippen MR) is 82.9 cm³/mol. The first-order valence-corrected chi connectivity index (χ1v) is 7.43. The normalized spacial score (nSPS) is 12.6. The number of aromatic nitrogens is 2. The van der Waals surface area contributed by atoms with Crippen LogP contribution in [0.5, 0.6) is 0 Å². The van der Waals surface area contributed by atoms with Crippen LogP contribution < -0.4 is 5.32 Å². The van der Waals surface area contributed by atoms with Gasteiger partial charge >= 0.3 is 0 Å². The molecule has 0 spiro atoms. The second-order valence-electron chi connectivity index (χ2n) is 4.49. The van der Waals surface area contributed by atoms with Gasteiger partial charge in [0.1, 0.15) is 11.5 Å². The second-order valence-corrected chi connectivity index (χ2v) is 5.74. The number of benzene rings is 1. The monoisotopic (exact) mass is 373 g/mol. The van der Waals surface area contributed by atoms with Crippen molar-refractivity contribution in [1.29, 1.82) is 0 Å². The Morgan fingerprint density at radius 1 is 1.47 bits per heavy atom. The summed E-state index contributed by atoms with van der Waals surface area (Å²) in [5.41, 5.74) is 1.44. The zero-order valence-corrected chi connectivity index (χ0v) is 13.2. The lowest BCUT2D eigenvalue weighted by molar-refractivity contribution is 0.559. The van der Waals surface area contributed by atoms with Crippen LogP contribution in [-0.2, 0) is 0 Å². The van der Waals surface area contributed by atoms with Gasteiger partial charge in [0, 0.05) is 12.2 Å². The summed E-state index contributed by atoms with van der Waals surface area (Å²) in [6.45, 7) is 5.09. The van der Waals surface area contributed by atoms with Crippen molar-refractivity contribution in [3.63, 3.8) is 0 Å². The molecular formula is C14H17FIN3. The minimum absolute atomic E-state index is 0.154. The number of nitrogens with one attached hydrogen (secondary N) is 1. The van der Waals surface area contributed by atoms with E-state index >= 15 is 0 Å². The Labute approximate surface area is 126 Å². The summed E-state index contributed by atoms with van der Waals surface area (Å²) in [5.74, 6) is -0.248. The first-order valence-electron chi connectivity index (χ1n) is 6.35. The summed E-state index contributed by atoms with van der Waals surface area (Å²) in [4.78, 5) is 0. The largest absolute Gasteiger partial charge is 0.310 e. The standard InChI is InChI=1S/C14H17FIN3/c1-3-6-17-10(2)11-4-5-14(13(15)7-11)19-9-12(16)8-18-19/h4-5,7-10,17H,3,6H2,1-2H3. The van der Waals surface area contributed by atoms with Crippen LogP contribution >= 0.6 is 22.6 Å². The number of halogens is 2. The molecule has 1 atom stereocenters. The minimum Gasteiger partial charge on any atom is -0.310 e. The van der Waals surface area contributed by atoms with E-state index in [0.717, 1.165) is 22.1 Å². The number of hydrogen-bond acceptors (Lipinski definition) is 2. The molecule has 1 aromatic heterocycles. The molecule has 0 amide bonds. The molecule has 0 bridgehead atoms. The molecule has 2 rings (SSSR count). The third-order valence-corrected chi connectivity index (χ3v) is 3.53. The van der Waals surface area contributed by atoms with Gasteiger partial charge in [0.25, 0.3) is 0 Å². The van der Waals surface area contributed by atoms with E-state index in [4.69, 9.17) is 0 Å². The van der Waals surface area contributed by atoms with Gasteiger partial charge in [0.2, 0.25) is 0 Å². The summed E-state index contributed by atoms with van der Waals surface area (Å²) in [5, 5.41) is 7.47. The first-order chi connectivity index (χ1) is 9.11. The lowest BCUT2D eigenvalue weighted by atomic mass is 10.1. The SMILES string of the molecule is CCCNC(C)c1ccc(-n2cc(I)cn2)c(F)c1. The topological polar surface area (TPSA) is 29.9 Å².